The van der Waals surface area contributed by atoms with E-state index in [-0.39, 0.29) is 0 Å². The Bertz CT molecular complexity index is 1080. The van der Waals surface area contributed by atoms with Gasteiger partial charge < -0.3 is 15.5 Å². The summed E-state index contributed by atoms with van der Waals surface area (Å²) < 4.78 is 0. The monoisotopic (exact) mass is 491 g/mol. The molecule has 0 radical (unpaired) electrons. The standard InChI is InChI=1S/C24H28Cl3N5/c1-3-32(4-2)18-9-6-16(7-10-18)28-23-19-13-15(25)5-12-22(19)30-24(31-23)29-17-8-11-20(26)21(27)14-17/h5,8,11-14,16,18H,3-4,6-7,9-10H2,1-2H3,(H2,28,29,30,31). The Morgan fingerprint density at radius 3 is 2.34 bits per heavy atom. The maximum Gasteiger partial charge on any atom is 0.229 e. The van der Waals surface area contributed by atoms with Gasteiger partial charge in [-0.1, -0.05) is 48.7 Å². The Hall–Kier alpha value is -1.79. The Kier molecular flexibility index (Phi) is 7.62. The van der Waals surface area contributed by atoms with E-state index in [1.165, 1.54) is 12.8 Å². The van der Waals surface area contributed by atoms with E-state index in [1.54, 1.807) is 12.1 Å². The van der Waals surface area contributed by atoms with Gasteiger partial charge in [-0.25, -0.2) is 4.98 Å². The predicted molar refractivity (Wildman–Crippen MR) is 137 cm³/mol. The Morgan fingerprint density at radius 2 is 1.66 bits per heavy atom. The Balaban J connectivity index is 1.57. The number of nitrogens with one attached hydrogen (secondary N) is 2. The maximum absolute atomic E-state index is 6.29. The van der Waals surface area contributed by atoms with Crippen LogP contribution in [0.1, 0.15) is 39.5 Å². The molecule has 1 heterocycles. The molecule has 4 rings (SSSR count). The molecule has 8 heteroatoms. The van der Waals surface area contributed by atoms with Crippen LogP contribution in [0.4, 0.5) is 17.5 Å². The SMILES string of the molecule is CCN(CC)C1CCC(Nc2nc(Nc3ccc(Cl)c(Cl)c3)nc3ccc(Cl)cc23)CC1. The van der Waals surface area contributed by atoms with Crippen molar-refractivity contribution in [3.05, 3.63) is 51.5 Å². The van der Waals surface area contributed by atoms with Crippen molar-refractivity contribution in [3.63, 3.8) is 0 Å². The van der Waals surface area contributed by atoms with Crippen LogP contribution in [0.15, 0.2) is 36.4 Å². The second-order valence-electron chi connectivity index (χ2n) is 8.18. The van der Waals surface area contributed by atoms with Crippen LogP contribution >= 0.6 is 34.8 Å². The third kappa shape index (κ3) is 5.40. The fourth-order valence-corrected chi connectivity index (χ4v) is 4.96. The van der Waals surface area contributed by atoms with Gasteiger partial charge in [-0.3, -0.25) is 0 Å². The van der Waals surface area contributed by atoms with Crippen molar-refractivity contribution in [1.29, 1.82) is 0 Å². The maximum atomic E-state index is 6.29. The van der Waals surface area contributed by atoms with Crippen LogP contribution in [0.5, 0.6) is 0 Å². The number of nitrogens with zero attached hydrogens (tertiary/aromatic N) is 3. The van der Waals surface area contributed by atoms with Crippen LogP contribution in [0, 0.1) is 0 Å². The number of halogens is 3. The van der Waals surface area contributed by atoms with Crippen LogP contribution in [0.2, 0.25) is 15.1 Å². The molecule has 0 atom stereocenters. The van der Waals surface area contributed by atoms with Crippen molar-refractivity contribution in [2.75, 3.05) is 23.7 Å². The summed E-state index contributed by atoms with van der Waals surface area (Å²) >= 11 is 18.5. The van der Waals surface area contributed by atoms with Crippen LogP contribution < -0.4 is 10.6 Å². The molecule has 170 valence electrons. The first-order chi connectivity index (χ1) is 15.5. The molecule has 1 aliphatic rings. The Morgan fingerprint density at radius 1 is 0.906 bits per heavy atom. The van der Waals surface area contributed by atoms with Gasteiger partial charge in [0, 0.05) is 28.2 Å². The first-order valence-electron chi connectivity index (χ1n) is 11.2. The molecular weight excluding hydrogens is 465 g/mol. The minimum absolute atomic E-state index is 0.372. The molecule has 3 aromatic rings. The molecule has 0 saturated heterocycles. The second-order valence-corrected chi connectivity index (χ2v) is 9.43. The van der Waals surface area contributed by atoms with Crippen molar-refractivity contribution >= 4 is 63.2 Å². The van der Waals surface area contributed by atoms with E-state index >= 15 is 0 Å². The lowest BCUT2D eigenvalue weighted by Crippen LogP contribution is -2.40. The molecule has 0 amide bonds. The summed E-state index contributed by atoms with van der Waals surface area (Å²) in [6, 6.07) is 12.1. The quantitative estimate of drug-likeness (QED) is 0.360. The van der Waals surface area contributed by atoms with Crippen molar-refractivity contribution < 1.29 is 0 Å². The van der Waals surface area contributed by atoms with Crippen LogP contribution in [0.25, 0.3) is 10.9 Å². The fourth-order valence-electron chi connectivity index (χ4n) is 4.49. The third-order valence-corrected chi connectivity index (χ3v) is 7.17. The lowest BCUT2D eigenvalue weighted by molar-refractivity contribution is 0.167. The molecule has 2 N–H and O–H groups in total. The number of rotatable bonds is 7. The van der Waals surface area contributed by atoms with Gasteiger partial charge in [-0.15, -0.1) is 0 Å². The van der Waals surface area contributed by atoms with Crippen molar-refractivity contribution in [3.8, 4) is 0 Å². The average Bonchev–Trinajstić information content (AvgIpc) is 2.79. The number of fused-ring (bicyclic) bond motifs is 1. The summed E-state index contributed by atoms with van der Waals surface area (Å²) in [6.07, 6.45) is 4.61. The van der Waals surface area contributed by atoms with E-state index < -0.39 is 0 Å². The van der Waals surface area contributed by atoms with Crippen molar-refractivity contribution in [2.45, 2.75) is 51.6 Å². The number of aromatic nitrogens is 2. The lowest BCUT2D eigenvalue weighted by atomic mass is 9.90. The molecule has 0 spiro atoms. The summed E-state index contributed by atoms with van der Waals surface area (Å²) in [5.41, 5.74) is 1.60. The first kappa shape index (κ1) is 23.4. The van der Waals surface area contributed by atoms with Gasteiger partial charge in [0.05, 0.1) is 15.6 Å². The van der Waals surface area contributed by atoms with Crippen molar-refractivity contribution in [1.82, 2.24) is 14.9 Å². The smallest absolute Gasteiger partial charge is 0.229 e. The third-order valence-electron chi connectivity index (χ3n) is 6.20. The summed E-state index contributed by atoms with van der Waals surface area (Å²) in [5, 5.41) is 9.50. The van der Waals surface area contributed by atoms with Gasteiger partial charge in [0.25, 0.3) is 0 Å². The minimum Gasteiger partial charge on any atom is -0.367 e. The minimum atomic E-state index is 0.372. The van der Waals surface area contributed by atoms with E-state index in [2.05, 4.69) is 34.4 Å². The van der Waals surface area contributed by atoms with Crippen molar-refractivity contribution in [2.24, 2.45) is 0 Å². The molecule has 32 heavy (non-hydrogen) atoms. The van der Waals surface area contributed by atoms with Crippen LogP contribution in [-0.2, 0) is 0 Å². The molecule has 2 aromatic carbocycles. The zero-order chi connectivity index (χ0) is 22.7. The van der Waals surface area contributed by atoms with E-state index in [9.17, 15) is 0 Å². The van der Waals surface area contributed by atoms with E-state index in [0.29, 0.717) is 33.1 Å². The molecule has 1 saturated carbocycles. The van der Waals surface area contributed by atoms with Gasteiger partial charge in [-0.05, 0) is 75.2 Å². The predicted octanol–water partition coefficient (Wildman–Crippen LogP) is 7.40. The highest BCUT2D eigenvalue weighted by molar-refractivity contribution is 6.42. The van der Waals surface area contributed by atoms with E-state index in [4.69, 9.17) is 39.8 Å². The highest BCUT2D eigenvalue weighted by Gasteiger charge is 2.25. The summed E-state index contributed by atoms with van der Waals surface area (Å²) in [4.78, 5) is 12.0. The average molecular weight is 493 g/mol. The van der Waals surface area contributed by atoms with Gasteiger partial charge in [-0.2, -0.15) is 4.98 Å². The summed E-state index contributed by atoms with van der Waals surface area (Å²) in [5.74, 6) is 1.30. The number of benzene rings is 2. The number of hydrogen-bond acceptors (Lipinski definition) is 5. The zero-order valence-electron chi connectivity index (χ0n) is 18.3. The van der Waals surface area contributed by atoms with Gasteiger partial charge in [0.1, 0.15) is 5.82 Å². The van der Waals surface area contributed by atoms with Gasteiger partial charge in [0.15, 0.2) is 0 Å². The summed E-state index contributed by atoms with van der Waals surface area (Å²) in [6.45, 7) is 6.70. The molecule has 5 nitrogen and oxygen atoms in total. The van der Waals surface area contributed by atoms with E-state index in [0.717, 1.165) is 48.3 Å². The zero-order valence-corrected chi connectivity index (χ0v) is 20.6. The second kappa shape index (κ2) is 10.4. The highest BCUT2D eigenvalue weighted by atomic mass is 35.5. The largest absolute Gasteiger partial charge is 0.367 e. The highest BCUT2D eigenvalue weighted by Crippen LogP contribution is 2.31. The topological polar surface area (TPSA) is 53.1 Å². The van der Waals surface area contributed by atoms with E-state index in [1.807, 2.05) is 24.3 Å². The summed E-state index contributed by atoms with van der Waals surface area (Å²) in [7, 11) is 0. The molecule has 0 aliphatic heterocycles. The molecule has 1 aliphatic carbocycles. The molecule has 1 fully saturated rings. The lowest BCUT2D eigenvalue weighted by Gasteiger charge is -2.36. The molecule has 0 bridgehead atoms. The molecule has 0 unspecified atom stereocenters. The Labute approximate surface area is 204 Å². The normalized spacial score (nSPS) is 18.8. The fraction of sp³-hybridized carbons (Fsp3) is 0.417. The van der Waals surface area contributed by atoms with Crippen LogP contribution in [-0.4, -0.2) is 40.0 Å². The molecular formula is C24H28Cl3N5. The number of anilines is 3. The van der Waals surface area contributed by atoms with Crippen LogP contribution in [0.3, 0.4) is 0 Å². The first-order valence-corrected chi connectivity index (χ1v) is 12.3. The van der Waals surface area contributed by atoms with Gasteiger partial charge >= 0.3 is 0 Å². The van der Waals surface area contributed by atoms with Gasteiger partial charge in [0.2, 0.25) is 5.95 Å². The number of hydrogen-bond donors (Lipinski definition) is 2. The molecule has 1 aromatic heterocycles.